The molecule has 1 N–H and O–H groups in total. The number of aryl methyl sites for hydroxylation is 3. The Balaban J connectivity index is 0.000000477. The number of benzene rings is 2. The van der Waals surface area contributed by atoms with Crippen LogP contribution < -0.4 is 10.1 Å². The average molecular weight is 486 g/mol. The van der Waals surface area contributed by atoms with E-state index in [-0.39, 0.29) is 44.7 Å². The van der Waals surface area contributed by atoms with Crippen molar-refractivity contribution in [2.45, 2.75) is 53.5 Å². The molecule has 0 aromatic heterocycles. The minimum absolute atomic E-state index is 0. The van der Waals surface area contributed by atoms with Gasteiger partial charge >= 0.3 is 0 Å². The molecule has 0 spiro atoms. The van der Waals surface area contributed by atoms with Crippen molar-refractivity contribution >= 4 is 11.6 Å². The molecular weight excluding hydrogens is 449 g/mol. The number of methoxy groups -OCH3 is 1. The van der Waals surface area contributed by atoms with Crippen LogP contribution >= 0.6 is 0 Å². The maximum Gasteiger partial charge on any atom is 0.282 e. The van der Waals surface area contributed by atoms with Crippen molar-refractivity contribution < 1.29 is 46.7 Å². The minimum atomic E-state index is -0.00611. The fraction of sp³-hybridized carbons (Fsp3) is 0.480. The summed E-state index contributed by atoms with van der Waals surface area (Å²) in [6.07, 6.45) is 2.46. The van der Waals surface area contributed by atoms with E-state index in [1.54, 1.807) is 7.11 Å². The van der Waals surface area contributed by atoms with E-state index in [1.807, 2.05) is 44.2 Å². The summed E-state index contributed by atoms with van der Waals surface area (Å²) < 4.78 is 6.20. The minimum Gasteiger partial charge on any atom is -0.497 e. The van der Waals surface area contributed by atoms with Gasteiger partial charge in [0.2, 0.25) is 0 Å². The van der Waals surface area contributed by atoms with Gasteiger partial charge in [0.1, 0.15) is 5.75 Å². The summed E-state index contributed by atoms with van der Waals surface area (Å²) in [7, 11) is 1.66. The Morgan fingerprint density at radius 2 is 1.60 bits per heavy atom. The number of rotatable bonds is 5. The van der Waals surface area contributed by atoms with Gasteiger partial charge in [0.25, 0.3) is 5.91 Å². The van der Waals surface area contributed by atoms with Crippen molar-refractivity contribution in [1.29, 1.82) is 0 Å². The Morgan fingerprint density at radius 3 is 2.00 bits per heavy atom. The first-order valence-corrected chi connectivity index (χ1v) is 10.7. The van der Waals surface area contributed by atoms with Crippen LogP contribution in [0.4, 0.5) is 5.69 Å². The molecular formula is C25H37N2O2Y+. The van der Waals surface area contributed by atoms with E-state index >= 15 is 0 Å². The molecule has 161 valence electrons. The monoisotopic (exact) mass is 486 g/mol. The summed E-state index contributed by atoms with van der Waals surface area (Å²) in [5, 5.41) is 3.16. The van der Waals surface area contributed by atoms with Gasteiger partial charge in [-0.2, -0.15) is 0 Å². The third kappa shape index (κ3) is 6.90. The van der Waals surface area contributed by atoms with Crippen LogP contribution in [-0.2, 0) is 37.5 Å². The SMILES string of the molecule is CC[N+]1(C(C)C(=O)Nc2c(C)cc(OC)cc2C)CCCC1.Cc1ccccc1.[Y]. The summed E-state index contributed by atoms with van der Waals surface area (Å²) in [4.78, 5) is 12.8. The Morgan fingerprint density at radius 1 is 1.07 bits per heavy atom. The maximum atomic E-state index is 12.8. The Bertz CT molecular complexity index is 779. The molecule has 3 rings (SSSR count). The van der Waals surface area contributed by atoms with Gasteiger partial charge in [-0.1, -0.05) is 35.9 Å². The number of carbonyl (C=O) groups excluding carboxylic acids is 1. The van der Waals surface area contributed by atoms with E-state index in [1.165, 1.54) is 18.4 Å². The molecule has 1 fully saturated rings. The van der Waals surface area contributed by atoms with Crippen LogP contribution in [0.25, 0.3) is 0 Å². The van der Waals surface area contributed by atoms with Crippen LogP contribution in [0.1, 0.15) is 43.4 Å². The Hall–Kier alpha value is -1.23. The summed E-state index contributed by atoms with van der Waals surface area (Å²) in [6.45, 7) is 13.6. The number of nitrogens with one attached hydrogen (secondary N) is 1. The van der Waals surface area contributed by atoms with Gasteiger partial charge in [-0.3, -0.25) is 4.79 Å². The fourth-order valence-electron chi connectivity index (χ4n) is 4.19. The fourth-order valence-corrected chi connectivity index (χ4v) is 4.19. The third-order valence-electron chi connectivity index (χ3n) is 6.22. The average Bonchev–Trinajstić information content (AvgIpc) is 3.21. The van der Waals surface area contributed by atoms with E-state index in [9.17, 15) is 4.79 Å². The molecule has 5 heteroatoms. The molecule has 1 aliphatic heterocycles. The van der Waals surface area contributed by atoms with Crippen LogP contribution in [0.5, 0.6) is 5.75 Å². The van der Waals surface area contributed by atoms with Crippen LogP contribution in [0.2, 0.25) is 0 Å². The van der Waals surface area contributed by atoms with Gasteiger partial charge in [0, 0.05) is 51.2 Å². The molecule has 0 bridgehead atoms. The van der Waals surface area contributed by atoms with Crippen LogP contribution in [0, 0.1) is 20.8 Å². The molecule has 0 saturated carbocycles. The molecule has 30 heavy (non-hydrogen) atoms. The van der Waals surface area contributed by atoms with Gasteiger partial charge < -0.3 is 14.5 Å². The number of hydrogen-bond acceptors (Lipinski definition) is 2. The van der Waals surface area contributed by atoms with Gasteiger partial charge in [0.15, 0.2) is 6.04 Å². The van der Waals surface area contributed by atoms with Crippen molar-refractivity contribution in [2.75, 3.05) is 32.1 Å². The second kappa shape index (κ2) is 12.6. The number of anilines is 1. The molecule has 1 radical (unpaired) electrons. The quantitative estimate of drug-likeness (QED) is 0.586. The Kier molecular flexibility index (Phi) is 11.2. The summed E-state index contributed by atoms with van der Waals surface area (Å²) in [6, 6.07) is 14.2. The zero-order valence-corrected chi connectivity index (χ0v) is 22.3. The smallest absolute Gasteiger partial charge is 0.282 e. The second-order valence-corrected chi connectivity index (χ2v) is 8.15. The number of quaternary nitrogens is 1. The number of likely N-dealkylation sites (tertiary alicyclic amines) is 1. The molecule has 2 aromatic rings. The molecule has 0 aliphatic carbocycles. The van der Waals surface area contributed by atoms with Crippen LogP contribution in [0.3, 0.4) is 0 Å². The number of carbonyl (C=O) groups is 1. The van der Waals surface area contributed by atoms with E-state index in [4.69, 9.17) is 4.74 Å². The molecule has 1 amide bonds. The number of hydrogen-bond donors (Lipinski definition) is 1. The number of likely N-dealkylation sites (N-methyl/N-ethyl adjacent to an activating group) is 1. The van der Waals surface area contributed by atoms with E-state index in [2.05, 4.69) is 38.2 Å². The standard InChI is InChI=1S/C18H28N2O2.C7H8.Y/c1-6-20(9-7-8-10-20)15(4)18(21)19-17-13(2)11-16(22-5)12-14(17)3;1-7-5-3-2-4-6-7;/h11-12,15H,6-10H2,1-5H3;2-6H,1H3;/p+1. The molecule has 2 aromatic carbocycles. The molecule has 1 unspecified atom stereocenters. The zero-order chi connectivity index (χ0) is 21.4. The maximum absolute atomic E-state index is 12.8. The molecule has 1 atom stereocenters. The summed E-state index contributed by atoms with van der Waals surface area (Å²) in [5.74, 6) is 0.956. The predicted octanol–water partition coefficient (Wildman–Crippen LogP) is 5.26. The van der Waals surface area contributed by atoms with Crippen LogP contribution in [-0.4, -0.2) is 43.2 Å². The first kappa shape index (κ1) is 26.8. The van der Waals surface area contributed by atoms with Crippen molar-refractivity contribution in [3.63, 3.8) is 0 Å². The topological polar surface area (TPSA) is 38.3 Å². The van der Waals surface area contributed by atoms with Gasteiger partial charge in [-0.05, 0) is 57.9 Å². The number of amides is 1. The van der Waals surface area contributed by atoms with Crippen molar-refractivity contribution in [3.05, 3.63) is 59.2 Å². The number of nitrogens with zero attached hydrogens (tertiary/aromatic N) is 1. The van der Waals surface area contributed by atoms with Crippen molar-refractivity contribution in [1.82, 2.24) is 0 Å². The third-order valence-corrected chi connectivity index (χ3v) is 6.22. The second-order valence-electron chi connectivity index (χ2n) is 8.15. The van der Waals surface area contributed by atoms with E-state index in [0.717, 1.165) is 46.7 Å². The first-order valence-electron chi connectivity index (χ1n) is 10.7. The van der Waals surface area contributed by atoms with Gasteiger partial charge in [0.05, 0.1) is 26.7 Å². The summed E-state index contributed by atoms with van der Waals surface area (Å²) in [5.41, 5.74) is 4.33. The first-order chi connectivity index (χ1) is 13.8. The zero-order valence-electron chi connectivity index (χ0n) is 19.5. The molecule has 1 heterocycles. The van der Waals surface area contributed by atoms with Crippen molar-refractivity contribution in [3.8, 4) is 5.75 Å². The molecule has 1 saturated heterocycles. The van der Waals surface area contributed by atoms with Crippen molar-refractivity contribution in [2.24, 2.45) is 0 Å². The molecule has 1 aliphatic rings. The van der Waals surface area contributed by atoms with E-state index in [0.29, 0.717) is 0 Å². The van der Waals surface area contributed by atoms with E-state index < -0.39 is 0 Å². The van der Waals surface area contributed by atoms with Crippen LogP contribution in [0.15, 0.2) is 42.5 Å². The van der Waals surface area contributed by atoms with Gasteiger partial charge in [-0.25, -0.2) is 0 Å². The largest absolute Gasteiger partial charge is 0.497 e. The predicted molar refractivity (Wildman–Crippen MR) is 122 cm³/mol. The Labute approximate surface area is 207 Å². The summed E-state index contributed by atoms with van der Waals surface area (Å²) >= 11 is 0. The molecule has 4 nitrogen and oxygen atoms in total. The number of ether oxygens (including phenoxy) is 1. The normalized spacial score (nSPS) is 15.3. The van der Waals surface area contributed by atoms with Gasteiger partial charge in [-0.15, -0.1) is 0 Å².